The summed E-state index contributed by atoms with van der Waals surface area (Å²) in [5.74, 6) is -0.0589. The van der Waals surface area contributed by atoms with E-state index in [2.05, 4.69) is 55.7 Å². The molecule has 0 spiro atoms. The van der Waals surface area contributed by atoms with Crippen molar-refractivity contribution in [3.63, 3.8) is 0 Å². The first-order valence-electron chi connectivity index (χ1n) is 7.22. The van der Waals surface area contributed by atoms with E-state index in [1.54, 1.807) is 0 Å². The fourth-order valence-corrected chi connectivity index (χ4v) is 2.19. The van der Waals surface area contributed by atoms with E-state index < -0.39 is 6.04 Å². The summed E-state index contributed by atoms with van der Waals surface area (Å²) >= 11 is 0. The Kier molecular flexibility index (Phi) is 4.45. The number of amides is 1. The van der Waals surface area contributed by atoms with Crippen molar-refractivity contribution >= 4 is 5.91 Å². The van der Waals surface area contributed by atoms with Crippen LogP contribution in [-0.2, 0) is 16.6 Å². The highest BCUT2D eigenvalue weighted by atomic mass is 16.2. The molecule has 4 nitrogen and oxygen atoms in total. The van der Waals surface area contributed by atoms with Crippen LogP contribution in [0.2, 0.25) is 0 Å². The Morgan fingerprint density at radius 1 is 1.35 bits per heavy atom. The molecule has 1 atom stereocenters. The summed E-state index contributed by atoms with van der Waals surface area (Å²) in [6, 6.07) is 8.15. The zero-order valence-corrected chi connectivity index (χ0v) is 12.6. The number of hydrogen-bond donors (Lipinski definition) is 3. The molecule has 0 bridgehead atoms. The zero-order valence-electron chi connectivity index (χ0n) is 12.6. The predicted octanol–water partition coefficient (Wildman–Crippen LogP) is 0.942. The Labute approximate surface area is 121 Å². The molecule has 4 heteroatoms. The van der Waals surface area contributed by atoms with Gasteiger partial charge < -0.3 is 16.4 Å². The van der Waals surface area contributed by atoms with Crippen LogP contribution in [0, 0.1) is 0 Å². The maximum absolute atomic E-state index is 11.9. The Bertz CT molecular complexity index is 458. The van der Waals surface area contributed by atoms with E-state index in [0.717, 1.165) is 18.7 Å². The van der Waals surface area contributed by atoms with Crippen LogP contribution in [0.25, 0.3) is 0 Å². The molecule has 0 aromatic heterocycles. The summed E-state index contributed by atoms with van der Waals surface area (Å²) in [4.78, 5) is 11.9. The van der Waals surface area contributed by atoms with Crippen molar-refractivity contribution < 1.29 is 4.79 Å². The molecule has 20 heavy (non-hydrogen) atoms. The second-order valence-electron chi connectivity index (χ2n) is 6.62. The van der Waals surface area contributed by atoms with Gasteiger partial charge in [-0.2, -0.15) is 0 Å². The molecular weight excluding hydrogens is 250 g/mol. The van der Waals surface area contributed by atoms with Gasteiger partial charge in [0, 0.05) is 13.1 Å². The molecule has 0 unspecified atom stereocenters. The van der Waals surface area contributed by atoms with E-state index in [-0.39, 0.29) is 17.4 Å². The van der Waals surface area contributed by atoms with Gasteiger partial charge in [0.25, 0.3) is 0 Å². The van der Waals surface area contributed by atoms with E-state index in [1.165, 1.54) is 5.56 Å². The Morgan fingerprint density at radius 2 is 1.95 bits per heavy atom. The summed E-state index contributed by atoms with van der Waals surface area (Å²) in [5.41, 5.74) is 8.51. The predicted molar refractivity (Wildman–Crippen MR) is 81.6 cm³/mol. The maximum Gasteiger partial charge on any atom is 0.237 e. The highest BCUT2D eigenvalue weighted by molar-refractivity contribution is 5.82. The number of hydrogen-bond acceptors (Lipinski definition) is 3. The minimum atomic E-state index is -0.476. The van der Waals surface area contributed by atoms with Gasteiger partial charge in [0.2, 0.25) is 5.91 Å². The van der Waals surface area contributed by atoms with Crippen molar-refractivity contribution in [1.29, 1.82) is 0 Å². The van der Waals surface area contributed by atoms with Gasteiger partial charge in [0.1, 0.15) is 0 Å². The average molecular weight is 275 g/mol. The summed E-state index contributed by atoms with van der Waals surface area (Å²) in [7, 11) is 0. The lowest BCUT2D eigenvalue weighted by atomic mass is 9.86. The second-order valence-corrected chi connectivity index (χ2v) is 6.62. The summed E-state index contributed by atoms with van der Waals surface area (Å²) < 4.78 is 0. The van der Waals surface area contributed by atoms with Crippen LogP contribution in [-0.4, -0.2) is 31.1 Å². The van der Waals surface area contributed by atoms with Gasteiger partial charge in [-0.15, -0.1) is 0 Å². The van der Waals surface area contributed by atoms with Gasteiger partial charge in [-0.3, -0.25) is 4.79 Å². The summed E-state index contributed by atoms with van der Waals surface area (Å²) in [6.45, 7) is 8.26. The first kappa shape index (κ1) is 15.0. The summed E-state index contributed by atoms with van der Waals surface area (Å²) in [6.07, 6.45) is 0.580. The van der Waals surface area contributed by atoms with Crippen molar-refractivity contribution in [2.45, 2.75) is 44.7 Å². The molecule has 1 aliphatic heterocycles. The number of rotatable bonds is 4. The lowest BCUT2D eigenvalue weighted by Gasteiger charge is -2.29. The topological polar surface area (TPSA) is 67.2 Å². The average Bonchev–Trinajstić information content (AvgIpc) is 2.33. The van der Waals surface area contributed by atoms with Gasteiger partial charge in [-0.05, 0) is 23.0 Å². The normalized spacial score (nSPS) is 17.4. The molecule has 1 aliphatic rings. The molecule has 0 saturated carbocycles. The van der Waals surface area contributed by atoms with Crippen LogP contribution in [0.4, 0.5) is 0 Å². The van der Waals surface area contributed by atoms with Gasteiger partial charge in [0.15, 0.2) is 0 Å². The van der Waals surface area contributed by atoms with E-state index in [4.69, 9.17) is 5.73 Å². The summed E-state index contributed by atoms with van der Waals surface area (Å²) in [5, 5.41) is 6.07. The lowest BCUT2D eigenvalue weighted by molar-refractivity contribution is -0.123. The Morgan fingerprint density at radius 3 is 2.40 bits per heavy atom. The molecule has 1 aromatic carbocycles. The number of carbonyl (C=O) groups is 1. The van der Waals surface area contributed by atoms with E-state index in [9.17, 15) is 4.79 Å². The third kappa shape index (κ3) is 3.81. The number of benzene rings is 1. The molecular formula is C16H25N3O. The molecule has 0 radical (unpaired) electrons. The number of nitrogens with one attached hydrogen (secondary N) is 2. The van der Waals surface area contributed by atoms with Gasteiger partial charge in [0.05, 0.1) is 12.1 Å². The maximum atomic E-state index is 11.9. The molecule has 1 aromatic rings. The Hall–Kier alpha value is -1.39. The SMILES string of the molecule is CC(C)(C)c1ccc(C[C@H](N)C(=O)NC2CNC2)cc1. The smallest absolute Gasteiger partial charge is 0.237 e. The second kappa shape index (κ2) is 5.94. The van der Waals surface area contributed by atoms with Gasteiger partial charge in [-0.25, -0.2) is 0 Å². The molecule has 4 N–H and O–H groups in total. The molecule has 1 saturated heterocycles. The van der Waals surface area contributed by atoms with Gasteiger partial charge in [-0.1, -0.05) is 45.0 Å². The van der Waals surface area contributed by atoms with Crippen LogP contribution in [0.1, 0.15) is 31.9 Å². The molecule has 0 aliphatic carbocycles. The van der Waals surface area contributed by atoms with Crippen LogP contribution >= 0.6 is 0 Å². The lowest BCUT2D eigenvalue weighted by Crippen LogP contribution is -2.59. The molecule has 1 fully saturated rings. The fourth-order valence-electron chi connectivity index (χ4n) is 2.19. The van der Waals surface area contributed by atoms with Crippen LogP contribution < -0.4 is 16.4 Å². The standard InChI is InChI=1S/C16H25N3O/c1-16(2,3)12-6-4-11(5-7-12)8-14(17)15(20)19-13-9-18-10-13/h4-7,13-14,18H,8-10,17H2,1-3H3,(H,19,20)/t14-/m0/s1. The van der Waals surface area contributed by atoms with Crippen LogP contribution in [0.15, 0.2) is 24.3 Å². The molecule has 1 heterocycles. The Balaban J connectivity index is 1.90. The van der Waals surface area contributed by atoms with E-state index >= 15 is 0 Å². The van der Waals surface area contributed by atoms with Crippen molar-refractivity contribution in [1.82, 2.24) is 10.6 Å². The number of nitrogens with two attached hydrogens (primary N) is 1. The molecule has 2 rings (SSSR count). The van der Waals surface area contributed by atoms with E-state index in [0.29, 0.717) is 6.42 Å². The van der Waals surface area contributed by atoms with Crippen LogP contribution in [0.3, 0.4) is 0 Å². The first-order chi connectivity index (χ1) is 9.36. The highest BCUT2D eigenvalue weighted by Gasteiger charge is 2.22. The van der Waals surface area contributed by atoms with E-state index in [1.807, 2.05) is 0 Å². The third-order valence-electron chi connectivity index (χ3n) is 3.74. The quantitative estimate of drug-likeness (QED) is 0.766. The van der Waals surface area contributed by atoms with Crippen molar-refractivity contribution in [2.75, 3.05) is 13.1 Å². The third-order valence-corrected chi connectivity index (χ3v) is 3.74. The van der Waals surface area contributed by atoms with Gasteiger partial charge >= 0.3 is 0 Å². The highest BCUT2D eigenvalue weighted by Crippen LogP contribution is 2.22. The minimum absolute atomic E-state index is 0.0589. The van der Waals surface area contributed by atoms with Crippen molar-refractivity contribution in [3.05, 3.63) is 35.4 Å². The minimum Gasteiger partial charge on any atom is -0.349 e. The largest absolute Gasteiger partial charge is 0.349 e. The van der Waals surface area contributed by atoms with Crippen LogP contribution in [0.5, 0.6) is 0 Å². The molecule has 1 amide bonds. The number of carbonyl (C=O) groups excluding carboxylic acids is 1. The first-order valence-corrected chi connectivity index (χ1v) is 7.22. The fraction of sp³-hybridized carbons (Fsp3) is 0.562. The van der Waals surface area contributed by atoms with Crippen molar-refractivity contribution in [2.24, 2.45) is 5.73 Å². The monoisotopic (exact) mass is 275 g/mol. The van der Waals surface area contributed by atoms with Crippen molar-refractivity contribution in [3.8, 4) is 0 Å². The molecule has 110 valence electrons. The zero-order chi connectivity index (χ0) is 14.8.